The molecule has 0 heterocycles. The molecule has 0 bridgehead atoms. The van der Waals surface area contributed by atoms with E-state index in [1.807, 2.05) is 6.92 Å². The van der Waals surface area contributed by atoms with Gasteiger partial charge in [0, 0.05) is 0 Å². The molecule has 4 rings (SSSR count). The number of rotatable bonds is 0. The van der Waals surface area contributed by atoms with Crippen molar-refractivity contribution in [1.29, 1.82) is 0 Å². The molecule has 0 aliphatic heterocycles. The molecule has 0 aromatic carbocycles. The van der Waals surface area contributed by atoms with Crippen LogP contribution in [0.3, 0.4) is 0 Å². The predicted octanol–water partition coefficient (Wildman–Crippen LogP) is 5.04. The molecular formula is C20H26Zr. The summed E-state index contributed by atoms with van der Waals surface area (Å²) < 4.78 is 2.09. The second-order valence-electron chi connectivity index (χ2n) is 5.94. The normalized spacial score (nSPS) is 34.2. The van der Waals surface area contributed by atoms with Crippen LogP contribution in [0.1, 0.15) is 32.6 Å². The summed E-state index contributed by atoms with van der Waals surface area (Å²) in [7, 11) is 0. The third kappa shape index (κ3) is 5.44. The summed E-state index contributed by atoms with van der Waals surface area (Å²) in [6.07, 6.45) is 28.1. The van der Waals surface area contributed by atoms with Crippen molar-refractivity contribution < 1.29 is 24.2 Å². The van der Waals surface area contributed by atoms with Gasteiger partial charge in [0.2, 0.25) is 0 Å². The molecule has 110 valence electrons. The van der Waals surface area contributed by atoms with E-state index in [4.69, 9.17) is 0 Å². The van der Waals surface area contributed by atoms with E-state index in [-0.39, 0.29) is 0 Å². The van der Waals surface area contributed by atoms with Gasteiger partial charge in [0.15, 0.2) is 0 Å². The molecule has 0 amide bonds. The SMILES string of the molecule is C1=CC2[CH-]CCC2C=C1.C1=CC2[CH-]CCC2C=C1.C[CH]=[Zr+2]. The fourth-order valence-electron chi connectivity index (χ4n) is 3.39. The van der Waals surface area contributed by atoms with Crippen molar-refractivity contribution in [2.75, 3.05) is 0 Å². The average molecular weight is 358 g/mol. The van der Waals surface area contributed by atoms with E-state index in [1.165, 1.54) is 49.9 Å². The van der Waals surface area contributed by atoms with Crippen LogP contribution in [0.25, 0.3) is 0 Å². The van der Waals surface area contributed by atoms with Gasteiger partial charge in [-0.05, 0) is 11.8 Å². The maximum absolute atomic E-state index is 2.42. The van der Waals surface area contributed by atoms with Gasteiger partial charge in [0.1, 0.15) is 0 Å². The third-order valence-electron chi connectivity index (χ3n) is 4.47. The maximum atomic E-state index is 2.42. The minimum atomic E-state index is 0.773. The van der Waals surface area contributed by atoms with Gasteiger partial charge in [-0.2, -0.15) is 12.8 Å². The summed E-state index contributed by atoms with van der Waals surface area (Å²) in [4.78, 5) is 0. The number of hydrogen-bond acceptors (Lipinski definition) is 0. The van der Waals surface area contributed by atoms with E-state index < -0.39 is 0 Å². The number of allylic oxidation sites excluding steroid dienone is 8. The Morgan fingerprint density at radius 1 is 0.810 bits per heavy atom. The molecule has 2 fully saturated rings. The van der Waals surface area contributed by atoms with E-state index in [1.54, 1.807) is 0 Å². The first-order chi connectivity index (χ1) is 10.3. The van der Waals surface area contributed by atoms with E-state index in [9.17, 15) is 0 Å². The fraction of sp³-hybridized carbons (Fsp3) is 0.450. The van der Waals surface area contributed by atoms with Gasteiger partial charge in [0.25, 0.3) is 0 Å². The molecule has 0 aromatic heterocycles. The van der Waals surface area contributed by atoms with Gasteiger partial charge in [-0.1, -0.05) is 49.3 Å². The third-order valence-corrected chi connectivity index (χ3v) is 4.47. The summed E-state index contributed by atoms with van der Waals surface area (Å²) in [6, 6.07) is 0. The van der Waals surface area contributed by atoms with Crippen LogP contribution in [0.4, 0.5) is 0 Å². The van der Waals surface area contributed by atoms with Gasteiger partial charge in [-0.25, -0.2) is 0 Å². The summed E-state index contributed by atoms with van der Waals surface area (Å²) in [6.45, 7) is 2.04. The van der Waals surface area contributed by atoms with Gasteiger partial charge in [-0.3, -0.25) is 0 Å². The van der Waals surface area contributed by atoms with E-state index >= 15 is 0 Å². The molecule has 0 aromatic rings. The van der Waals surface area contributed by atoms with Crippen LogP contribution in [0.5, 0.6) is 0 Å². The Morgan fingerprint density at radius 2 is 1.19 bits per heavy atom. The van der Waals surface area contributed by atoms with Crippen molar-refractivity contribution >= 4 is 3.71 Å². The Morgan fingerprint density at radius 3 is 1.57 bits per heavy atom. The molecule has 0 radical (unpaired) electrons. The van der Waals surface area contributed by atoms with Crippen LogP contribution < -0.4 is 0 Å². The molecule has 0 saturated heterocycles. The molecule has 1 heteroatoms. The molecule has 2 saturated carbocycles. The van der Waals surface area contributed by atoms with Gasteiger partial charge in [-0.15, -0.1) is 24.0 Å². The van der Waals surface area contributed by atoms with E-state index in [2.05, 4.69) is 65.2 Å². The standard InChI is InChI=1S/2C9H11.C2H4.Zr/c2*1-2-5-9-7-3-6-8(9)4-1;1-2;/h2*1-2,4-6,8-9H,3,7H2;1H,2H3;/q2*-1;;+2. The Balaban J connectivity index is 0.000000130. The van der Waals surface area contributed by atoms with Crippen LogP contribution in [0, 0.1) is 36.5 Å². The van der Waals surface area contributed by atoms with Gasteiger partial charge < -0.3 is 12.8 Å². The molecule has 0 nitrogen and oxygen atoms in total. The quantitative estimate of drug-likeness (QED) is 0.533. The molecule has 4 aliphatic carbocycles. The van der Waals surface area contributed by atoms with Crippen molar-refractivity contribution in [3.8, 4) is 0 Å². The Bertz CT molecular complexity index is 353. The zero-order chi connectivity index (χ0) is 14.9. The fourth-order valence-corrected chi connectivity index (χ4v) is 3.39. The Hall–Kier alpha value is -0.287. The van der Waals surface area contributed by atoms with Gasteiger partial charge in [0.05, 0.1) is 0 Å². The first kappa shape index (κ1) is 17.1. The van der Waals surface area contributed by atoms with E-state index in [0.717, 1.165) is 23.7 Å². The van der Waals surface area contributed by atoms with Crippen LogP contribution in [-0.4, -0.2) is 3.71 Å². The first-order valence-electron chi connectivity index (χ1n) is 8.17. The monoisotopic (exact) mass is 356 g/mol. The van der Waals surface area contributed by atoms with E-state index in [0.29, 0.717) is 0 Å². The topological polar surface area (TPSA) is 0 Å². The molecule has 21 heavy (non-hydrogen) atoms. The predicted molar refractivity (Wildman–Crippen MR) is 89.3 cm³/mol. The van der Waals surface area contributed by atoms with Crippen molar-refractivity contribution in [2.45, 2.75) is 32.6 Å². The second-order valence-corrected chi connectivity index (χ2v) is 7.36. The molecule has 4 unspecified atom stereocenters. The minimum absolute atomic E-state index is 0.773. The molecule has 0 spiro atoms. The molecule has 4 aliphatic rings. The molecule has 0 N–H and O–H groups in total. The zero-order valence-corrected chi connectivity index (χ0v) is 15.4. The van der Waals surface area contributed by atoms with Crippen LogP contribution in [-0.2, 0) is 24.2 Å². The summed E-state index contributed by atoms with van der Waals surface area (Å²) >= 11 is 1.51. The molecule has 4 atom stereocenters. The average Bonchev–Trinajstić information content (AvgIpc) is 3.17. The molecular weight excluding hydrogens is 331 g/mol. The Kier molecular flexibility index (Phi) is 7.86. The summed E-state index contributed by atoms with van der Waals surface area (Å²) in [5, 5.41) is 0. The second kappa shape index (κ2) is 9.67. The van der Waals surface area contributed by atoms with Crippen molar-refractivity contribution in [3.63, 3.8) is 0 Å². The van der Waals surface area contributed by atoms with Crippen LogP contribution in [0.15, 0.2) is 48.6 Å². The Labute approximate surface area is 145 Å². The van der Waals surface area contributed by atoms with Crippen molar-refractivity contribution in [2.24, 2.45) is 23.7 Å². The summed E-state index contributed by atoms with van der Waals surface area (Å²) in [5.74, 6) is 3.23. The van der Waals surface area contributed by atoms with Gasteiger partial charge >= 0.3 is 34.9 Å². The van der Waals surface area contributed by atoms with Crippen molar-refractivity contribution in [3.05, 3.63) is 61.4 Å². The zero-order valence-electron chi connectivity index (χ0n) is 13.0. The first-order valence-corrected chi connectivity index (χ1v) is 9.58. The number of hydrogen-bond donors (Lipinski definition) is 0. The summed E-state index contributed by atoms with van der Waals surface area (Å²) in [5.41, 5.74) is 0. The number of fused-ring (bicyclic) bond motifs is 2. The van der Waals surface area contributed by atoms with Crippen molar-refractivity contribution in [1.82, 2.24) is 0 Å². The van der Waals surface area contributed by atoms with Crippen LogP contribution >= 0.6 is 0 Å². The van der Waals surface area contributed by atoms with Crippen LogP contribution in [0.2, 0.25) is 0 Å².